The van der Waals surface area contributed by atoms with E-state index in [0.717, 1.165) is 4.31 Å². The molecule has 1 aromatic carbocycles. The lowest BCUT2D eigenvalue weighted by molar-refractivity contribution is -0.152. The zero-order valence-electron chi connectivity index (χ0n) is 12.1. The Morgan fingerprint density at radius 2 is 1.91 bits per heavy atom. The van der Waals surface area contributed by atoms with E-state index in [1.165, 1.54) is 19.2 Å². The van der Waals surface area contributed by atoms with Crippen molar-refractivity contribution in [2.45, 2.75) is 23.1 Å². The molecule has 0 unspecified atom stereocenters. The second-order valence-corrected chi connectivity index (χ2v) is 7.10. The number of carbonyl (C=O) groups excluding carboxylic acids is 1. The fraction of sp³-hybridized carbons (Fsp3) is 0.500. The van der Waals surface area contributed by atoms with Crippen LogP contribution in [0.4, 0.5) is 0 Å². The average molecular weight is 327 g/mol. The predicted molar refractivity (Wildman–Crippen MR) is 75.4 cm³/mol. The Bertz CT molecular complexity index is 653. The van der Waals surface area contributed by atoms with Crippen molar-refractivity contribution in [1.29, 1.82) is 0 Å². The molecule has 1 spiro atoms. The first-order chi connectivity index (χ1) is 10.5. The molecule has 120 valence electrons. The number of hydrogen-bond acceptors (Lipinski definition) is 6. The Kier molecular flexibility index (Phi) is 3.94. The molecule has 7 nitrogen and oxygen atoms in total. The largest absolute Gasteiger partial charge is 0.468 e. The summed E-state index contributed by atoms with van der Waals surface area (Å²) >= 11 is 0. The third kappa shape index (κ3) is 2.52. The van der Waals surface area contributed by atoms with Gasteiger partial charge in [0.05, 0.1) is 31.8 Å². The summed E-state index contributed by atoms with van der Waals surface area (Å²) in [6.07, 6.45) is 0.131. The normalized spacial score (nSPS) is 24.7. The summed E-state index contributed by atoms with van der Waals surface area (Å²) in [5, 5.41) is 0. The van der Waals surface area contributed by atoms with E-state index in [9.17, 15) is 13.2 Å². The standard InChI is InChI=1S/C14H17NO6S/c1-19-13(16)12-9-14(20-7-8-21-14)10-15(12)22(17,18)11-5-3-2-4-6-11/h2-6,12H,7-10H2,1H3/t12-/m0/s1. The predicted octanol–water partition coefficient (Wildman–Crippen LogP) is 0.366. The van der Waals surface area contributed by atoms with Crippen LogP contribution in [-0.4, -0.2) is 57.4 Å². The van der Waals surface area contributed by atoms with Crippen molar-refractivity contribution in [1.82, 2.24) is 4.31 Å². The molecule has 8 heteroatoms. The summed E-state index contributed by atoms with van der Waals surface area (Å²) in [4.78, 5) is 12.1. The summed E-state index contributed by atoms with van der Waals surface area (Å²) in [5.74, 6) is -1.67. The Labute approximate surface area is 128 Å². The SMILES string of the molecule is COC(=O)[C@@H]1CC2(CN1S(=O)(=O)c1ccccc1)OCCO2. The molecule has 0 N–H and O–H groups in total. The van der Waals surface area contributed by atoms with E-state index in [0.29, 0.717) is 13.2 Å². The fourth-order valence-electron chi connectivity index (χ4n) is 2.83. The van der Waals surface area contributed by atoms with E-state index in [1.807, 2.05) is 0 Å². The highest BCUT2D eigenvalue weighted by atomic mass is 32.2. The second kappa shape index (κ2) is 5.62. The molecule has 0 amide bonds. The quantitative estimate of drug-likeness (QED) is 0.746. The van der Waals surface area contributed by atoms with Gasteiger partial charge in [-0.1, -0.05) is 18.2 Å². The third-order valence-electron chi connectivity index (χ3n) is 3.89. The van der Waals surface area contributed by atoms with Gasteiger partial charge in [0.1, 0.15) is 6.04 Å². The minimum absolute atomic E-state index is 0.0238. The van der Waals surface area contributed by atoms with E-state index in [2.05, 4.69) is 0 Å². The van der Waals surface area contributed by atoms with E-state index in [1.54, 1.807) is 18.2 Å². The van der Waals surface area contributed by atoms with E-state index < -0.39 is 27.8 Å². The molecule has 0 saturated carbocycles. The first-order valence-electron chi connectivity index (χ1n) is 6.91. The van der Waals surface area contributed by atoms with Crippen molar-refractivity contribution >= 4 is 16.0 Å². The highest BCUT2D eigenvalue weighted by molar-refractivity contribution is 7.89. The van der Waals surface area contributed by atoms with E-state index in [-0.39, 0.29) is 17.9 Å². The van der Waals surface area contributed by atoms with Crippen molar-refractivity contribution in [3.8, 4) is 0 Å². The monoisotopic (exact) mass is 327 g/mol. The van der Waals surface area contributed by atoms with Crippen molar-refractivity contribution in [2.24, 2.45) is 0 Å². The molecule has 2 aliphatic heterocycles. The minimum Gasteiger partial charge on any atom is -0.468 e. The maximum Gasteiger partial charge on any atom is 0.324 e. The van der Waals surface area contributed by atoms with Gasteiger partial charge in [0, 0.05) is 6.42 Å². The van der Waals surface area contributed by atoms with Crippen molar-refractivity contribution < 1.29 is 27.4 Å². The Hall–Kier alpha value is -1.48. The number of sulfonamides is 1. The van der Waals surface area contributed by atoms with Gasteiger partial charge in [-0.2, -0.15) is 4.31 Å². The maximum atomic E-state index is 12.8. The number of ether oxygens (including phenoxy) is 3. The van der Waals surface area contributed by atoms with Crippen LogP contribution >= 0.6 is 0 Å². The van der Waals surface area contributed by atoms with Gasteiger partial charge in [0.15, 0.2) is 5.79 Å². The summed E-state index contributed by atoms with van der Waals surface area (Å²) in [7, 11) is -2.60. The number of methoxy groups -OCH3 is 1. The van der Waals surface area contributed by atoms with Crippen LogP contribution < -0.4 is 0 Å². The molecule has 2 heterocycles. The summed E-state index contributed by atoms with van der Waals surface area (Å²) in [5.41, 5.74) is 0. The van der Waals surface area contributed by atoms with Crippen LogP contribution in [0, 0.1) is 0 Å². The molecule has 2 aliphatic rings. The number of hydrogen-bond donors (Lipinski definition) is 0. The fourth-order valence-corrected chi connectivity index (χ4v) is 4.47. The van der Waals surface area contributed by atoms with E-state index >= 15 is 0 Å². The van der Waals surface area contributed by atoms with Gasteiger partial charge in [-0.05, 0) is 12.1 Å². The van der Waals surface area contributed by atoms with E-state index in [4.69, 9.17) is 14.2 Å². The Balaban J connectivity index is 1.97. The lowest BCUT2D eigenvalue weighted by Crippen LogP contribution is -2.41. The first kappa shape index (κ1) is 15.4. The molecule has 2 saturated heterocycles. The lowest BCUT2D eigenvalue weighted by atomic mass is 10.1. The van der Waals surface area contributed by atoms with Crippen LogP contribution in [0.2, 0.25) is 0 Å². The molecule has 0 aliphatic carbocycles. The van der Waals surface area contributed by atoms with Crippen LogP contribution in [-0.2, 0) is 29.0 Å². The maximum absolute atomic E-state index is 12.8. The van der Waals surface area contributed by atoms with Crippen molar-refractivity contribution in [2.75, 3.05) is 26.9 Å². The number of benzene rings is 1. The molecule has 1 aromatic rings. The highest BCUT2D eigenvalue weighted by Gasteiger charge is 2.55. The molecule has 3 rings (SSSR count). The van der Waals surface area contributed by atoms with Crippen LogP contribution in [0.3, 0.4) is 0 Å². The topological polar surface area (TPSA) is 82.1 Å². The molecule has 0 bridgehead atoms. The summed E-state index contributed by atoms with van der Waals surface area (Å²) < 4.78 is 42.6. The Morgan fingerprint density at radius 1 is 1.27 bits per heavy atom. The van der Waals surface area contributed by atoms with Crippen LogP contribution in [0.1, 0.15) is 6.42 Å². The summed E-state index contributed by atoms with van der Waals surface area (Å²) in [6.45, 7) is 0.740. The molecule has 0 radical (unpaired) electrons. The van der Waals surface area contributed by atoms with Gasteiger partial charge < -0.3 is 14.2 Å². The van der Waals surface area contributed by atoms with Gasteiger partial charge >= 0.3 is 5.97 Å². The molecule has 22 heavy (non-hydrogen) atoms. The van der Waals surface area contributed by atoms with Gasteiger partial charge in [0.2, 0.25) is 10.0 Å². The zero-order chi connectivity index (χ0) is 15.8. The molecular weight excluding hydrogens is 310 g/mol. The number of nitrogens with zero attached hydrogens (tertiary/aromatic N) is 1. The van der Waals surface area contributed by atoms with Gasteiger partial charge in [-0.25, -0.2) is 8.42 Å². The van der Waals surface area contributed by atoms with Gasteiger partial charge in [-0.15, -0.1) is 0 Å². The number of esters is 1. The Morgan fingerprint density at radius 3 is 2.50 bits per heavy atom. The lowest BCUT2D eigenvalue weighted by Gasteiger charge is -2.22. The number of rotatable bonds is 3. The molecule has 0 aromatic heterocycles. The molecule has 2 fully saturated rings. The average Bonchev–Trinajstić information content (AvgIpc) is 3.15. The smallest absolute Gasteiger partial charge is 0.324 e. The van der Waals surface area contributed by atoms with Crippen molar-refractivity contribution in [3.63, 3.8) is 0 Å². The van der Waals surface area contributed by atoms with Crippen LogP contribution in [0.15, 0.2) is 35.2 Å². The second-order valence-electron chi connectivity index (χ2n) is 5.21. The molecular formula is C14H17NO6S. The first-order valence-corrected chi connectivity index (χ1v) is 8.35. The minimum atomic E-state index is -3.83. The molecule has 1 atom stereocenters. The third-order valence-corrected chi connectivity index (χ3v) is 5.75. The van der Waals surface area contributed by atoms with Crippen LogP contribution in [0.5, 0.6) is 0 Å². The summed E-state index contributed by atoms with van der Waals surface area (Å²) in [6, 6.07) is 7.03. The zero-order valence-corrected chi connectivity index (χ0v) is 12.9. The van der Waals surface area contributed by atoms with Gasteiger partial charge in [0.25, 0.3) is 0 Å². The van der Waals surface area contributed by atoms with Gasteiger partial charge in [-0.3, -0.25) is 4.79 Å². The number of carbonyl (C=O) groups is 1. The van der Waals surface area contributed by atoms with Crippen molar-refractivity contribution in [3.05, 3.63) is 30.3 Å². The van der Waals surface area contributed by atoms with Crippen LogP contribution in [0.25, 0.3) is 0 Å². The highest BCUT2D eigenvalue weighted by Crippen LogP contribution is 2.38.